The summed E-state index contributed by atoms with van der Waals surface area (Å²) in [5.74, 6) is 0.565. The number of halogens is 1. The van der Waals surface area contributed by atoms with Crippen LogP contribution in [0.5, 0.6) is 5.75 Å². The lowest BCUT2D eigenvalue weighted by molar-refractivity contribution is 0.262. The first-order valence-corrected chi connectivity index (χ1v) is 7.69. The van der Waals surface area contributed by atoms with Gasteiger partial charge in [-0.05, 0) is 41.3 Å². The molecule has 0 saturated carbocycles. The van der Waals surface area contributed by atoms with E-state index in [9.17, 15) is 4.79 Å². The molecule has 5 heteroatoms. The normalized spacial score (nSPS) is 11.0. The molecule has 0 fully saturated rings. The molecule has 0 unspecified atom stereocenters. The van der Waals surface area contributed by atoms with E-state index in [1.165, 1.54) is 5.56 Å². The number of anilines is 2. The Morgan fingerprint density at radius 1 is 1.00 bits per heavy atom. The van der Waals surface area contributed by atoms with E-state index in [4.69, 9.17) is 16.3 Å². The van der Waals surface area contributed by atoms with Crippen LogP contribution < -0.4 is 15.4 Å². The molecular formula is C18H21ClN2O2. The van der Waals surface area contributed by atoms with Gasteiger partial charge in [-0.3, -0.25) is 0 Å². The zero-order valence-electron chi connectivity index (χ0n) is 13.7. The highest BCUT2D eigenvalue weighted by Gasteiger charge is 2.13. The third-order valence-electron chi connectivity index (χ3n) is 3.42. The van der Waals surface area contributed by atoms with Gasteiger partial charge >= 0.3 is 6.03 Å². The number of methoxy groups -OCH3 is 1. The molecule has 0 aliphatic rings. The van der Waals surface area contributed by atoms with Gasteiger partial charge in [0.25, 0.3) is 0 Å². The maximum atomic E-state index is 12.0. The van der Waals surface area contributed by atoms with E-state index in [2.05, 4.69) is 31.4 Å². The summed E-state index contributed by atoms with van der Waals surface area (Å²) in [5, 5.41) is 5.97. The Bertz CT molecular complexity index is 691. The van der Waals surface area contributed by atoms with Crippen LogP contribution in [0.1, 0.15) is 26.3 Å². The molecule has 2 rings (SSSR count). The van der Waals surface area contributed by atoms with Gasteiger partial charge in [-0.15, -0.1) is 0 Å². The largest absolute Gasteiger partial charge is 0.495 e. The van der Waals surface area contributed by atoms with Crippen LogP contribution in [0.15, 0.2) is 42.5 Å². The van der Waals surface area contributed by atoms with E-state index >= 15 is 0 Å². The number of nitrogens with one attached hydrogen (secondary N) is 2. The van der Waals surface area contributed by atoms with Crippen molar-refractivity contribution in [2.75, 3.05) is 17.7 Å². The third-order valence-corrected chi connectivity index (χ3v) is 3.71. The Labute approximate surface area is 141 Å². The molecule has 122 valence electrons. The lowest BCUT2D eigenvalue weighted by Crippen LogP contribution is -2.19. The summed E-state index contributed by atoms with van der Waals surface area (Å²) in [5.41, 5.74) is 2.63. The summed E-state index contributed by atoms with van der Waals surface area (Å²) in [6.07, 6.45) is 0. The second-order valence-corrected chi connectivity index (χ2v) is 6.66. The van der Waals surface area contributed by atoms with Crippen LogP contribution >= 0.6 is 11.6 Å². The highest BCUT2D eigenvalue weighted by Crippen LogP contribution is 2.27. The van der Waals surface area contributed by atoms with Gasteiger partial charge < -0.3 is 15.4 Å². The highest BCUT2D eigenvalue weighted by atomic mass is 35.5. The van der Waals surface area contributed by atoms with E-state index in [1.54, 1.807) is 25.3 Å². The molecule has 0 heterocycles. The van der Waals surface area contributed by atoms with Gasteiger partial charge in [-0.2, -0.15) is 0 Å². The number of urea groups is 1. The number of carbonyl (C=O) groups excluding carboxylic acids is 1. The van der Waals surface area contributed by atoms with Crippen LogP contribution in [0, 0.1) is 0 Å². The molecule has 4 nitrogen and oxygen atoms in total. The maximum absolute atomic E-state index is 12.0. The average Bonchev–Trinajstić information content (AvgIpc) is 2.47. The molecule has 0 aliphatic carbocycles. The topological polar surface area (TPSA) is 50.4 Å². The zero-order chi connectivity index (χ0) is 17.0. The fraction of sp³-hybridized carbons (Fsp3) is 0.278. The molecule has 0 radical (unpaired) electrons. The Morgan fingerprint density at radius 2 is 1.57 bits per heavy atom. The summed E-state index contributed by atoms with van der Waals surface area (Å²) in [7, 11) is 1.54. The Kier molecular flexibility index (Phi) is 5.16. The molecule has 0 atom stereocenters. The molecule has 0 saturated heterocycles. The van der Waals surface area contributed by atoms with Gasteiger partial charge in [0.2, 0.25) is 0 Å². The maximum Gasteiger partial charge on any atom is 0.323 e. The van der Waals surface area contributed by atoms with E-state index in [1.807, 2.05) is 24.3 Å². The minimum Gasteiger partial charge on any atom is -0.495 e. The summed E-state index contributed by atoms with van der Waals surface area (Å²) < 4.78 is 5.08. The number of hydrogen-bond acceptors (Lipinski definition) is 2. The molecule has 0 aromatic heterocycles. The number of rotatable bonds is 3. The minimum atomic E-state index is -0.324. The quantitative estimate of drug-likeness (QED) is 0.802. The SMILES string of the molecule is COc1ccc(NC(=O)Nc2ccc(C(C)(C)C)cc2)cc1Cl. The van der Waals surface area contributed by atoms with Crippen LogP contribution in [0.3, 0.4) is 0 Å². The zero-order valence-corrected chi connectivity index (χ0v) is 14.5. The van der Waals surface area contributed by atoms with Crippen molar-refractivity contribution >= 4 is 29.0 Å². The smallest absolute Gasteiger partial charge is 0.323 e. The van der Waals surface area contributed by atoms with Crippen molar-refractivity contribution in [1.29, 1.82) is 0 Å². The summed E-state index contributed by atoms with van der Waals surface area (Å²) in [6.45, 7) is 6.45. The van der Waals surface area contributed by atoms with Crippen LogP contribution in [0.25, 0.3) is 0 Å². The first kappa shape index (κ1) is 17.2. The Morgan fingerprint density at radius 3 is 2.09 bits per heavy atom. The van der Waals surface area contributed by atoms with Crippen molar-refractivity contribution in [3.8, 4) is 5.75 Å². The summed E-state index contributed by atoms with van der Waals surface area (Å²) >= 11 is 6.04. The van der Waals surface area contributed by atoms with Gasteiger partial charge in [-0.25, -0.2) is 4.79 Å². The van der Waals surface area contributed by atoms with Gasteiger partial charge in [0.05, 0.1) is 12.1 Å². The predicted octanol–water partition coefficient (Wildman–Crippen LogP) is 5.29. The number of amides is 2. The van der Waals surface area contributed by atoms with Crippen molar-refractivity contribution in [2.24, 2.45) is 0 Å². The van der Waals surface area contributed by atoms with Gasteiger partial charge in [0, 0.05) is 11.4 Å². The molecule has 0 bridgehead atoms. The Balaban J connectivity index is 2.01. The van der Waals surface area contributed by atoms with E-state index in [0.29, 0.717) is 16.5 Å². The molecule has 0 spiro atoms. The fourth-order valence-electron chi connectivity index (χ4n) is 2.09. The van der Waals surface area contributed by atoms with E-state index in [0.717, 1.165) is 5.69 Å². The fourth-order valence-corrected chi connectivity index (χ4v) is 2.35. The first-order valence-electron chi connectivity index (χ1n) is 7.31. The van der Waals surface area contributed by atoms with Crippen LogP contribution in [0.2, 0.25) is 5.02 Å². The molecule has 2 amide bonds. The molecule has 2 N–H and O–H groups in total. The first-order chi connectivity index (χ1) is 10.8. The van der Waals surface area contributed by atoms with Crippen LogP contribution in [-0.4, -0.2) is 13.1 Å². The van der Waals surface area contributed by atoms with Crippen molar-refractivity contribution in [1.82, 2.24) is 0 Å². The van der Waals surface area contributed by atoms with Gasteiger partial charge in [-0.1, -0.05) is 44.5 Å². The molecular weight excluding hydrogens is 312 g/mol. The second kappa shape index (κ2) is 6.92. The molecule has 2 aromatic carbocycles. The van der Waals surface area contributed by atoms with Crippen LogP contribution in [-0.2, 0) is 5.41 Å². The van der Waals surface area contributed by atoms with Gasteiger partial charge in [0.1, 0.15) is 5.75 Å². The number of ether oxygens (including phenoxy) is 1. The molecule has 23 heavy (non-hydrogen) atoms. The molecule has 0 aliphatic heterocycles. The standard InChI is InChI=1S/C18H21ClN2O2/c1-18(2,3)12-5-7-13(8-6-12)20-17(22)21-14-9-10-16(23-4)15(19)11-14/h5-11H,1-4H3,(H2,20,21,22). The predicted molar refractivity (Wildman–Crippen MR) is 95.8 cm³/mol. The summed E-state index contributed by atoms with van der Waals surface area (Å²) in [6, 6.07) is 12.6. The van der Waals surface area contributed by atoms with Crippen molar-refractivity contribution in [3.05, 3.63) is 53.1 Å². The van der Waals surface area contributed by atoms with E-state index < -0.39 is 0 Å². The lowest BCUT2D eigenvalue weighted by atomic mass is 9.87. The third kappa shape index (κ3) is 4.63. The number of benzene rings is 2. The monoisotopic (exact) mass is 332 g/mol. The van der Waals surface area contributed by atoms with Crippen LogP contribution in [0.4, 0.5) is 16.2 Å². The lowest BCUT2D eigenvalue weighted by Gasteiger charge is -2.19. The average molecular weight is 333 g/mol. The number of hydrogen-bond donors (Lipinski definition) is 2. The summed E-state index contributed by atoms with van der Waals surface area (Å²) in [4.78, 5) is 12.0. The van der Waals surface area contributed by atoms with Crippen molar-refractivity contribution < 1.29 is 9.53 Å². The number of carbonyl (C=O) groups is 1. The Hall–Kier alpha value is -2.20. The van der Waals surface area contributed by atoms with Crippen molar-refractivity contribution in [2.45, 2.75) is 26.2 Å². The van der Waals surface area contributed by atoms with Crippen molar-refractivity contribution in [3.63, 3.8) is 0 Å². The van der Waals surface area contributed by atoms with Gasteiger partial charge in [0.15, 0.2) is 0 Å². The highest BCUT2D eigenvalue weighted by molar-refractivity contribution is 6.32. The van der Waals surface area contributed by atoms with E-state index in [-0.39, 0.29) is 11.4 Å². The minimum absolute atomic E-state index is 0.0840. The molecule has 2 aromatic rings. The second-order valence-electron chi connectivity index (χ2n) is 6.26.